The Morgan fingerprint density at radius 3 is 2.59 bits per heavy atom. The molecule has 176 valence electrons. The number of nitrogens with one attached hydrogen (secondary N) is 1. The van der Waals surface area contributed by atoms with Crippen molar-refractivity contribution in [2.24, 2.45) is 5.92 Å². The lowest BCUT2D eigenvalue weighted by Gasteiger charge is -2.26. The first-order valence-corrected chi connectivity index (χ1v) is 12.8. The maximum atomic E-state index is 14.1. The van der Waals surface area contributed by atoms with E-state index in [-0.39, 0.29) is 17.3 Å². The van der Waals surface area contributed by atoms with Crippen LogP contribution in [0.15, 0.2) is 40.1 Å². The van der Waals surface area contributed by atoms with Crippen molar-refractivity contribution in [3.8, 4) is 5.75 Å². The predicted molar refractivity (Wildman–Crippen MR) is 121 cm³/mol. The van der Waals surface area contributed by atoms with Crippen molar-refractivity contribution in [2.45, 2.75) is 57.9 Å². The normalized spacial score (nSPS) is 14.5. The number of benzene rings is 1. The summed E-state index contributed by atoms with van der Waals surface area (Å²) in [6.07, 6.45) is 5.40. The number of rotatable bonds is 12. The molecule has 1 saturated carbocycles. The van der Waals surface area contributed by atoms with Gasteiger partial charge in [-0.2, -0.15) is 0 Å². The van der Waals surface area contributed by atoms with Gasteiger partial charge in [0.2, 0.25) is 0 Å². The fourth-order valence-electron chi connectivity index (χ4n) is 3.63. The van der Waals surface area contributed by atoms with Crippen LogP contribution in [0.2, 0.25) is 0 Å². The lowest BCUT2D eigenvalue weighted by atomic mass is 9.86. The number of halogens is 1. The van der Waals surface area contributed by atoms with Gasteiger partial charge in [0.25, 0.3) is 5.56 Å². The highest BCUT2D eigenvalue weighted by molar-refractivity contribution is 7.91. The fourth-order valence-corrected chi connectivity index (χ4v) is 5.69. The molecule has 1 fully saturated rings. The first kappa shape index (κ1) is 24.2. The third kappa shape index (κ3) is 7.05. The van der Waals surface area contributed by atoms with Crippen LogP contribution in [0.25, 0.3) is 0 Å². The number of ether oxygens (including phenoxy) is 1. The molecule has 2 aromatic rings. The summed E-state index contributed by atoms with van der Waals surface area (Å²) < 4.78 is 46.5. The van der Waals surface area contributed by atoms with Crippen LogP contribution in [0.5, 0.6) is 5.75 Å². The molecule has 0 bridgehead atoms. The zero-order valence-electron chi connectivity index (χ0n) is 18.6. The molecule has 1 aliphatic rings. The Hall–Kier alpha value is -2.42. The molecule has 9 heteroatoms. The summed E-state index contributed by atoms with van der Waals surface area (Å²) in [5.74, 6) is 0.234. The number of unbranched alkanes of at least 4 members (excludes halogenated alkanes) is 2. The van der Waals surface area contributed by atoms with Gasteiger partial charge >= 0.3 is 5.69 Å². The summed E-state index contributed by atoms with van der Waals surface area (Å²) in [6.45, 7) is 4.58. The van der Waals surface area contributed by atoms with Crippen molar-refractivity contribution in [3.05, 3.63) is 62.7 Å². The number of hydrogen-bond donors (Lipinski definition) is 1. The topological polar surface area (TPSA) is 98.2 Å². The van der Waals surface area contributed by atoms with Crippen LogP contribution in [0.4, 0.5) is 4.39 Å². The SMILES string of the molecule is CC(C)(CS(=O)(=O)CCCCCn1ccc(=O)[nH]c1=O)c1ccc(F)c(OCC2CC2)c1. The standard InChI is InChI=1S/C23H31FN2O5S/c1-23(2,18-8-9-19(24)20(14-18)31-15-17-6-7-17)16-32(29,30)13-5-3-4-11-26-12-10-21(27)25-22(26)28/h8-10,12,14,17H,3-7,11,13,15-16H2,1-2H3,(H,25,27,28). The maximum absolute atomic E-state index is 14.1. The lowest BCUT2D eigenvalue weighted by Crippen LogP contribution is -2.30. The molecular formula is C23H31FN2O5S. The molecule has 1 heterocycles. The van der Waals surface area contributed by atoms with Crippen LogP contribution in [0.3, 0.4) is 0 Å². The highest BCUT2D eigenvalue weighted by Gasteiger charge is 2.29. The van der Waals surface area contributed by atoms with Crippen LogP contribution in [0, 0.1) is 11.7 Å². The molecule has 1 aliphatic carbocycles. The molecule has 0 aliphatic heterocycles. The van der Waals surface area contributed by atoms with Crippen molar-refractivity contribution in [1.29, 1.82) is 0 Å². The summed E-state index contributed by atoms with van der Waals surface area (Å²) in [5.41, 5.74) is -0.868. The number of aromatic amines is 1. The second-order valence-electron chi connectivity index (χ2n) is 9.24. The molecular weight excluding hydrogens is 435 g/mol. The number of aryl methyl sites for hydroxylation is 1. The first-order chi connectivity index (χ1) is 15.1. The molecule has 3 rings (SSSR count). The van der Waals surface area contributed by atoms with E-state index >= 15 is 0 Å². The smallest absolute Gasteiger partial charge is 0.328 e. The monoisotopic (exact) mass is 466 g/mol. The number of H-pyrrole nitrogens is 1. The Balaban J connectivity index is 1.51. The summed E-state index contributed by atoms with van der Waals surface area (Å²) >= 11 is 0. The lowest BCUT2D eigenvalue weighted by molar-refractivity contribution is 0.284. The molecule has 32 heavy (non-hydrogen) atoms. The number of sulfone groups is 1. The van der Waals surface area contributed by atoms with Gasteiger partial charge in [-0.15, -0.1) is 0 Å². The van der Waals surface area contributed by atoms with Gasteiger partial charge in [0.15, 0.2) is 21.4 Å². The van der Waals surface area contributed by atoms with E-state index in [9.17, 15) is 22.4 Å². The van der Waals surface area contributed by atoms with Gasteiger partial charge in [-0.3, -0.25) is 9.78 Å². The van der Waals surface area contributed by atoms with Crippen molar-refractivity contribution in [1.82, 2.24) is 9.55 Å². The van der Waals surface area contributed by atoms with Crippen molar-refractivity contribution in [2.75, 3.05) is 18.1 Å². The number of aromatic nitrogens is 2. The summed E-state index contributed by atoms with van der Waals surface area (Å²) in [4.78, 5) is 24.9. The van der Waals surface area contributed by atoms with E-state index < -0.39 is 32.3 Å². The van der Waals surface area contributed by atoms with E-state index in [4.69, 9.17) is 4.74 Å². The van der Waals surface area contributed by atoms with Crippen molar-refractivity contribution >= 4 is 9.84 Å². The van der Waals surface area contributed by atoms with Gasteiger partial charge in [-0.25, -0.2) is 17.6 Å². The Morgan fingerprint density at radius 1 is 1.16 bits per heavy atom. The highest BCUT2D eigenvalue weighted by atomic mass is 32.2. The molecule has 0 spiro atoms. The molecule has 0 radical (unpaired) electrons. The molecule has 1 aromatic carbocycles. The summed E-state index contributed by atoms with van der Waals surface area (Å²) in [6, 6.07) is 5.86. The zero-order valence-corrected chi connectivity index (χ0v) is 19.4. The van der Waals surface area contributed by atoms with Crippen LogP contribution in [-0.4, -0.2) is 36.1 Å². The van der Waals surface area contributed by atoms with E-state index in [2.05, 4.69) is 4.98 Å². The van der Waals surface area contributed by atoms with E-state index in [0.717, 1.165) is 18.4 Å². The van der Waals surface area contributed by atoms with Gasteiger partial charge in [0.05, 0.1) is 18.1 Å². The molecule has 0 amide bonds. The second kappa shape index (κ2) is 10.0. The second-order valence-corrected chi connectivity index (χ2v) is 11.4. The van der Waals surface area contributed by atoms with Crippen LogP contribution < -0.4 is 16.0 Å². The van der Waals surface area contributed by atoms with Gasteiger partial charge in [0.1, 0.15) is 0 Å². The molecule has 1 N–H and O–H groups in total. The van der Waals surface area contributed by atoms with Gasteiger partial charge in [-0.05, 0) is 49.3 Å². The Morgan fingerprint density at radius 2 is 1.91 bits per heavy atom. The Kier molecular flexibility index (Phi) is 7.59. The molecule has 1 aromatic heterocycles. The maximum Gasteiger partial charge on any atom is 0.328 e. The van der Waals surface area contributed by atoms with Gasteiger partial charge < -0.3 is 9.30 Å². The molecule has 7 nitrogen and oxygen atoms in total. The molecule has 0 atom stereocenters. The average molecular weight is 467 g/mol. The van der Waals surface area contributed by atoms with E-state index in [1.807, 2.05) is 13.8 Å². The summed E-state index contributed by atoms with van der Waals surface area (Å²) in [5, 5.41) is 0. The number of hydrogen-bond acceptors (Lipinski definition) is 5. The summed E-state index contributed by atoms with van der Waals surface area (Å²) in [7, 11) is -3.34. The van der Waals surface area contributed by atoms with Crippen LogP contribution >= 0.6 is 0 Å². The van der Waals surface area contributed by atoms with Crippen LogP contribution in [-0.2, 0) is 21.8 Å². The van der Waals surface area contributed by atoms with E-state index in [1.54, 1.807) is 12.1 Å². The van der Waals surface area contributed by atoms with E-state index in [1.165, 1.54) is 22.9 Å². The minimum absolute atomic E-state index is 0.0448. The van der Waals surface area contributed by atoms with Crippen molar-refractivity contribution < 1.29 is 17.5 Å². The van der Waals surface area contributed by atoms with Gasteiger partial charge in [0, 0.05) is 24.2 Å². The fraction of sp³-hybridized carbons (Fsp3) is 0.565. The minimum Gasteiger partial charge on any atom is -0.490 e. The first-order valence-electron chi connectivity index (χ1n) is 11.0. The quantitative estimate of drug-likeness (QED) is 0.485. The minimum atomic E-state index is -3.34. The van der Waals surface area contributed by atoms with E-state index in [0.29, 0.717) is 38.3 Å². The zero-order chi connectivity index (χ0) is 23.4. The third-order valence-corrected chi connectivity index (χ3v) is 7.79. The molecule has 0 saturated heterocycles. The largest absolute Gasteiger partial charge is 0.490 e. The van der Waals surface area contributed by atoms with Gasteiger partial charge in [-0.1, -0.05) is 26.3 Å². The van der Waals surface area contributed by atoms with Crippen molar-refractivity contribution in [3.63, 3.8) is 0 Å². The predicted octanol–water partition coefficient (Wildman–Crippen LogP) is 3.03. The average Bonchev–Trinajstić information content (AvgIpc) is 3.52. The Labute approximate surface area is 187 Å². The third-order valence-electron chi connectivity index (χ3n) is 5.72. The number of nitrogens with zero attached hydrogens (tertiary/aromatic N) is 1. The van der Waals surface area contributed by atoms with Crippen LogP contribution in [0.1, 0.15) is 51.5 Å². The molecule has 0 unspecified atom stereocenters. The highest BCUT2D eigenvalue weighted by Crippen LogP contribution is 2.33. The Bertz CT molecular complexity index is 1150.